The number of thioether (sulfide) groups is 1. The number of carbonyl (C=O) groups excluding carboxylic acids is 1. The molecule has 6 heteroatoms. The molecule has 1 atom stereocenters. The fraction of sp³-hybridized carbons (Fsp3) is 0.500. The second-order valence-electron chi connectivity index (χ2n) is 6.46. The molecule has 0 aromatic heterocycles. The van der Waals surface area contributed by atoms with Gasteiger partial charge in [0, 0.05) is 16.2 Å². The molecule has 0 amide bonds. The molecule has 0 bridgehead atoms. The Morgan fingerprint density at radius 1 is 1.17 bits per heavy atom. The number of carbonyl (C=O) groups is 1. The third-order valence-corrected chi connectivity index (χ3v) is 6.75. The maximum absolute atomic E-state index is 12.6. The van der Waals surface area contributed by atoms with E-state index in [9.17, 15) is 4.79 Å². The highest BCUT2D eigenvalue weighted by molar-refractivity contribution is 7.99. The zero-order valence-corrected chi connectivity index (χ0v) is 15.6. The number of alkyl halides is 2. The van der Waals surface area contributed by atoms with Crippen molar-refractivity contribution in [1.29, 1.82) is 0 Å². The van der Waals surface area contributed by atoms with Crippen molar-refractivity contribution >= 4 is 46.7 Å². The van der Waals surface area contributed by atoms with Crippen LogP contribution in [0.5, 0.6) is 0 Å². The molecule has 0 saturated carbocycles. The molecular formula is C18H19Cl2NO2S. The zero-order valence-electron chi connectivity index (χ0n) is 13.3. The van der Waals surface area contributed by atoms with Crippen molar-refractivity contribution in [2.75, 3.05) is 18.8 Å². The minimum atomic E-state index is -1.54. The summed E-state index contributed by atoms with van der Waals surface area (Å²) in [6.07, 6.45) is 4.27. The number of piperidine rings is 1. The Morgan fingerprint density at radius 2 is 1.92 bits per heavy atom. The summed E-state index contributed by atoms with van der Waals surface area (Å²) in [5.41, 5.74) is 2.05. The lowest BCUT2D eigenvalue weighted by atomic mass is 9.91. The third kappa shape index (κ3) is 2.78. The number of hydrogen-bond donors (Lipinski definition) is 0. The SMILES string of the molecule is O=C1OC2=C(CCSc3ccccc32)C(N2CCCCC2)C1(Cl)Cl. The van der Waals surface area contributed by atoms with Crippen molar-refractivity contribution in [3.63, 3.8) is 0 Å². The van der Waals surface area contributed by atoms with Crippen LogP contribution in [-0.4, -0.2) is 40.1 Å². The summed E-state index contributed by atoms with van der Waals surface area (Å²) in [4.78, 5) is 16.0. The van der Waals surface area contributed by atoms with Gasteiger partial charge in [-0.1, -0.05) is 47.8 Å². The van der Waals surface area contributed by atoms with Crippen molar-refractivity contribution in [2.45, 2.75) is 41.0 Å². The minimum Gasteiger partial charge on any atom is -0.424 e. The maximum atomic E-state index is 12.6. The van der Waals surface area contributed by atoms with E-state index < -0.39 is 10.3 Å². The normalized spacial score (nSPS) is 27.1. The first-order chi connectivity index (χ1) is 11.6. The molecule has 0 aliphatic carbocycles. The van der Waals surface area contributed by atoms with Crippen molar-refractivity contribution in [3.05, 3.63) is 35.4 Å². The summed E-state index contributed by atoms with van der Waals surface area (Å²) in [5.74, 6) is 1.05. The summed E-state index contributed by atoms with van der Waals surface area (Å²) in [5, 5.41) is 0. The van der Waals surface area contributed by atoms with Gasteiger partial charge in [0.1, 0.15) is 5.76 Å². The molecule has 0 radical (unpaired) electrons. The number of rotatable bonds is 1. The monoisotopic (exact) mass is 383 g/mol. The molecule has 3 heterocycles. The molecule has 3 aliphatic rings. The van der Waals surface area contributed by atoms with E-state index in [1.165, 1.54) is 6.42 Å². The van der Waals surface area contributed by atoms with E-state index in [1.807, 2.05) is 18.2 Å². The predicted molar refractivity (Wildman–Crippen MR) is 98.4 cm³/mol. The summed E-state index contributed by atoms with van der Waals surface area (Å²) in [7, 11) is 0. The molecular weight excluding hydrogens is 365 g/mol. The van der Waals surface area contributed by atoms with Crippen molar-refractivity contribution in [1.82, 2.24) is 4.90 Å². The quantitative estimate of drug-likeness (QED) is 0.528. The number of esters is 1. The van der Waals surface area contributed by atoms with Crippen LogP contribution in [0.15, 0.2) is 34.7 Å². The molecule has 128 valence electrons. The van der Waals surface area contributed by atoms with Crippen LogP contribution in [0, 0.1) is 0 Å². The highest BCUT2D eigenvalue weighted by Gasteiger charge is 2.53. The molecule has 24 heavy (non-hydrogen) atoms. The van der Waals surface area contributed by atoms with E-state index >= 15 is 0 Å². The molecule has 1 aromatic rings. The molecule has 0 N–H and O–H groups in total. The van der Waals surface area contributed by atoms with Gasteiger partial charge in [0.25, 0.3) is 0 Å². The molecule has 1 aromatic carbocycles. The van der Waals surface area contributed by atoms with Gasteiger partial charge in [-0.05, 0) is 44.0 Å². The lowest BCUT2D eigenvalue weighted by molar-refractivity contribution is -0.140. The molecule has 1 unspecified atom stereocenters. The Morgan fingerprint density at radius 3 is 2.71 bits per heavy atom. The van der Waals surface area contributed by atoms with Gasteiger partial charge >= 0.3 is 5.97 Å². The third-order valence-electron chi connectivity index (χ3n) is 4.95. The number of hydrogen-bond acceptors (Lipinski definition) is 4. The first kappa shape index (κ1) is 16.8. The van der Waals surface area contributed by atoms with Crippen molar-refractivity contribution < 1.29 is 9.53 Å². The Kier molecular flexibility index (Phi) is 4.59. The van der Waals surface area contributed by atoms with Crippen molar-refractivity contribution in [3.8, 4) is 0 Å². The van der Waals surface area contributed by atoms with E-state index in [0.717, 1.165) is 54.1 Å². The van der Waals surface area contributed by atoms with Crippen LogP contribution >= 0.6 is 35.0 Å². The molecule has 1 fully saturated rings. The highest BCUT2D eigenvalue weighted by atomic mass is 35.5. The van der Waals surface area contributed by atoms with Gasteiger partial charge in [0.2, 0.25) is 4.33 Å². The van der Waals surface area contributed by atoms with Gasteiger partial charge in [0.15, 0.2) is 0 Å². The Balaban J connectivity index is 1.85. The molecule has 4 rings (SSSR count). The molecule has 3 aliphatic heterocycles. The summed E-state index contributed by atoms with van der Waals surface area (Å²) in [6.45, 7) is 1.84. The van der Waals surface area contributed by atoms with Gasteiger partial charge in [-0.3, -0.25) is 4.90 Å². The number of halogens is 2. The first-order valence-corrected chi connectivity index (χ1v) is 10.1. The number of benzene rings is 1. The lowest BCUT2D eigenvalue weighted by Gasteiger charge is -2.43. The fourth-order valence-corrected chi connectivity index (χ4v) is 5.49. The number of likely N-dealkylation sites (tertiary alicyclic amines) is 1. The van der Waals surface area contributed by atoms with Crippen LogP contribution in [0.3, 0.4) is 0 Å². The lowest BCUT2D eigenvalue weighted by Crippen LogP contribution is -2.56. The molecule has 0 spiro atoms. The largest absolute Gasteiger partial charge is 0.424 e. The fourth-order valence-electron chi connectivity index (χ4n) is 3.84. The topological polar surface area (TPSA) is 29.5 Å². The summed E-state index contributed by atoms with van der Waals surface area (Å²) in [6, 6.07) is 7.77. The average Bonchev–Trinajstić information content (AvgIpc) is 2.76. The van der Waals surface area contributed by atoms with E-state index in [4.69, 9.17) is 27.9 Å². The van der Waals surface area contributed by atoms with E-state index in [-0.39, 0.29) is 6.04 Å². The number of fused-ring (bicyclic) bond motifs is 2. The van der Waals surface area contributed by atoms with Crippen LogP contribution in [0.4, 0.5) is 0 Å². The predicted octanol–water partition coefficient (Wildman–Crippen LogP) is 4.48. The second kappa shape index (κ2) is 6.56. The zero-order chi connectivity index (χ0) is 16.7. The Labute approximate surface area is 156 Å². The van der Waals surface area contributed by atoms with Gasteiger partial charge in [0.05, 0.1) is 6.04 Å². The number of nitrogens with zero attached hydrogens (tertiary/aromatic N) is 1. The van der Waals surface area contributed by atoms with Crippen LogP contribution in [-0.2, 0) is 9.53 Å². The standard InChI is InChI=1S/C18H19Cl2NO2S/c19-18(20)16(21-9-4-1-5-10-21)13-8-11-24-14-7-3-2-6-12(14)15(13)23-17(18)22/h2-3,6-7,16H,1,4-5,8-11H2. The van der Waals surface area contributed by atoms with Crippen LogP contribution in [0.25, 0.3) is 5.76 Å². The summed E-state index contributed by atoms with van der Waals surface area (Å²) < 4.78 is 4.13. The van der Waals surface area contributed by atoms with Gasteiger partial charge in [-0.25, -0.2) is 4.79 Å². The van der Waals surface area contributed by atoms with E-state index in [1.54, 1.807) is 11.8 Å². The highest BCUT2D eigenvalue weighted by Crippen LogP contribution is 2.48. The van der Waals surface area contributed by atoms with Crippen LogP contribution in [0.2, 0.25) is 0 Å². The van der Waals surface area contributed by atoms with Crippen LogP contribution in [0.1, 0.15) is 31.2 Å². The summed E-state index contributed by atoms with van der Waals surface area (Å²) >= 11 is 14.8. The molecule has 3 nitrogen and oxygen atoms in total. The van der Waals surface area contributed by atoms with E-state index in [2.05, 4.69) is 11.0 Å². The van der Waals surface area contributed by atoms with Crippen molar-refractivity contribution in [2.24, 2.45) is 0 Å². The smallest absolute Gasteiger partial charge is 0.350 e. The number of ether oxygens (including phenoxy) is 1. The Hall–Kier alpha value is -0.680. The van der Waals surface area contributed by atoms with Crippen LogP contribution < -0.4 is 0 Å². The second-order valence-corrected chi connectivity index (χ2v) is 8.98. The molecule has 1 saturated heterocycles. The van der Waals surface area contributed by atoms with Gasteiger partial charge in [-0.15, -0.1) is 11.8 Å². The Bertz CT molecular complexity index is 698. The minimum absolute atomic E-state index is 0.302. The first-order valence-electron chi connectivity index (χ1n) is 8.38. The van der Waals surface area contributed by atoms with Gasteiger partial charge in [-0.2, -0.15) is 0 Å². The maximum Gasteiger partial charge on any atom is 0.350 e. The van der Waals surface area contributed by atoms with E-state index in [0.29, 0.717) is 5.76 Å². The van der Waals surface area contributed by atoms with Gasteiger partial charge < -0.3 is 4.74 Å². The average molecular weight is 384 g/mol.